The third-order valence-corrected chi connectivity index (χ3v) is 3.16. The van der Waals surface area contributed by atoms with Gasteiger partial charge in [0.25, 0.3) is 0 Å². The molecule has 0 heterocycles. The monoisotopic (exact) mass is 264 g/mol. The van der Waals surface area contributed by atoms with E-state index in [0.29, 0.717) is 10.6 Å². The highest BCUT2D eigenvalue weighted by Crippen LogP contribution is 2.25. The number of aryl methyl sites for hydroxylation is 2. The van der Waals surface area contributed by atoms with E-state index in [2.05, 4.69) is 0 Å². The summed E-state index contributed by atoms with van der Waals surface area (Å²) < 4.78 is 18.9. The number of para-hydroxylation sites is 1. The lowest BCUT2D eigenvalue weighted by Crippen LogP contribution is -2.00. The molecule has 0 saturated carbocycles. The quantitative estimate of drug-likeness (QED) is 0.782. The van der Waals surface area contributed by atoms with Crippen LogP contribution in [0.25, 0.3) is 0 Å². The molecule has 0 aliphatic rings. The Morgan fingerprint density at radius 2 is 1.78 bits per heavy atom. The van der Waals surface area contributed by atoms with Crippen molar-refractivity contribution in [3.63, 3.8) is 0 Å². The highest BCUT2D eigenvalue weighted by Gasteiger charge is 2.06. The maximum atomic E-state index is 13.1. The van der Waals surface area contributed by atoms with Gasteiger partial charge in [0.15, 0.2) is 0 Å². The molecule has 0 bridgehead atoms. The Morgan fingerprint density at radius 1 is 1.11 bits per heavy atom. The van der Waals surface area contributed by atoms with Crippen LogP contribution in [0, 0.1) is 19.7 Å². The Morgan fingerprint density at radius 3 is 2.44 bits per heavy atom. The van der Waals surface area contributed by atoms with Crippen molar-refractivity contribution in [2.24, 2.45) is 0 Å². The molecule has 18 heavy (non-hydrogen) atoms. The smallest absolute Gasteiger partial charge is 0.125 e. The van der Waals surface area contributed by atoms with Crippen LogP contribution in [0.15, 0.2) is 36.4 Å². The van der Waals surface area contributed by atoms with Gasteiger partial charge in [0.05, 0.1) is 0 Å². The molecule has 1 nitrogen and oxygen atoms in total. The summed E-state index contributed by atoms with van der Waals surface area (Å²) in [6, 6.07) is 10.2. The van der Waals surface area contributed by atoms with Gasteiger partial charge in [-0.1, -0.05) is 29.8 Å². The number of hydrogen-bond donors (Lipinski definition) is 0. The Labute approximate surface area is 111 Å². The summed E-state index contributed by atoms with van der Waals surface area (Å²) in [5.74, 6) is 0.525. The van der Waals surface area contributed by atoms with E-state index in [9.17, 15) is 4.39 Å². The van der Waals surface area contributed by atoms with E-state index in [0.717, 1.165) is 16.9 Å². The second-order valence-corrected chi connectivity index (χ2v) is 4.65. The summed E-state index contributed by atoms with van der Waals surface area (Å²) >= 11 is 6.00. The van der Waals surface area contributed by atoms with Gasteiger partial charge in [-0.3, -0.25) is 0 Å². The van der Waals surface area contributed by atoms with Crippen LogP contribution in [0.1, 0.15) is 16.7 Å². The van der Waals surface area contributed by atoms with Gasteiger partial charge < -0.3 is 4.74 Å². The van der Waals surface area contributed by atoms with Crippen LogP contribution in [-0.4, -0.2) is 0 Å². The van der Waals surface area contributed by atoms with E-state index in [1.54, 1.807) is 6.07 Å². The summed E-state index contributed by atoms with van der Waals surface area (Å²) in [6.07, 6.45) is 0. The number of rotatable bonds is 3. The van der Waals surface area contributed by atoms with E-state index in [1.165, 1.54) is 12.1 Å². The standard InChI is InChI=1S/C15H14ClFO/c1-10-4-3-5-11(2)15(10)18-9-12-8-13(17)6-7-14(12)16/h3-8H,9H2,1-2H3. The molecule has 2 aromatic carbocycles. The third-order valence-electron chi connectivity index (χ3n) is 2.79. The van der Waals surface area contributed by atoms with E-state index in [1.807, 2.05) is 32.0 Å². The maximum absolute atomic E-state index is 13.1. The second-order valence-electron chi connectivity index (χ2n) is 4.25. The Bertz CT molecular complexity index is 546. The highest BCUT2D eigenvalue weighted by molar-refractivity contribution is 6.31. The molecule has 94 valence electrons. The predicted molar refractivity (Wildman–Crippen MR) is 71.7 cm³/mol. The first-order chi connectivity index (χ1) is 8.58. The van der Waals surface area contributed by atoms with Crippen molar-refractivity contribution in [2.45, 2.75) is 20.5 Å². The first-order valence-corrected chi connectivity index (χ1v) is 6.08. The minimum absolute atomic E-state index is 0.266. The molecule has 0 saturated heterocycles. The molecule has 3 heteroatoms. The average molecular weight is 265 g/mol. The fraction of sp³-hybridized carbons (Fsp3) is 0.200. The maximum Gasteiger partial charge on any atom is 0.125 e. The normalized spacial score (nSPS) is 10.4. The van der Waals surface area contributed by atoms with E-state index >= 15 is 0 Å². The molecule has 0 unspecified atom stereocenters. The van der Waals surface area contributed by atoms with Gasteiger partial charge >= 0.3 is 0 Å². The molecular weight excluding hydrogens is 251 g/mol. The average Bonchev–Trinajstić information content (AvgIpc) is 2.33. The fourth-order valence-electron chi connectivity index (χ4n) is 1.83. The first-order valence-electron chi connectivity index (χ1n) is 5.71. The molecule has 0 radical (unpaired) electrons. The molecule has 0 aromatic heterocycles. The summed E-state index contributed by atoms with van der Waals surface area (Å²) in [4.78, 5) is 0. The van der Waals surface area contributed by atoms with E-state index < -0.39 is 0 Å². The number of halogens is 2. The fourth-order valence-corrected chi connectivity index (χ4v) is 2.00. The van der Waals surface area contributed by atoms with Crippen molar-refractivity contribution in [1.29, 1.82) is 0 Å². The van der Waals surface area contributed by atoms with Crippen molar-refractivity contribution in [1.82, 2.24) is 0 Å². The number of hydrogen-bond acceptors (Lipinski definition) is 1. The molecule has 0 spiro atoms. The van der Waals surface area contributed by atoms with Crippen LogP contribution < -0.4 is 4.74 Å². The molecule has 2 aromatic rings. The van der Waals surface area contributed by atoms with Crippen molar-refractivity contribution in [2.75, 3.05) is 0 Å². The Hall–Kier alpha value is -1.54. The van der Waals surface area contributed by atoms with Gasteiger partial charge in [-0.05, 0) is 43.2 Å². The van der Waals surface area contributed by atoms with Crippen molar-refractivity contribution in [3.8, 4) is 5.75 Å². The van der Waals surface area contributed by atoms with Crippen LogP contribution in [0.4, 0.5) is 4.39 Å². The van der Waals surface area contributed by atoms with Crippen molar-refractivity contribution in [3.05, 3.63) is 63.9 Å². The van der Waals surface area contributed by atoms with Crippen LogP contribution in [0.3, 0.4) is 0 Å². The molecule has 0 amide bonds. The highest BCUT2D eigenvalue weighted by atomic mass is 35.5. The van der Waals surface area contributed by atoms with Gasteiger partial charge in [-0.15, -0.1) is 0 Å². The zero-order chi connectivity index (χ0) is 13.1. The topological polar surface area (TPSA) is 9.23 Å². The zero-order valence-electron chi connectivity index (χ0n) is 10.3. The summed E-state index contributed by atoms with van der Waals surface area (Å²) in [5.41, 5.74) is 2.77. The molecule has 0 N–H and O–H groups in total. The van der Waals surface area contributed by atoms with Crippen molar-refractivity contribution >= 4 is 11.6 Å². The lowest BCUT2D eigenvalue weighted by atomic mass is 10.1. The molecule has 0 aliphatic carbocycles. The summed E-state index contributed by atoms with van der Waals surface area (Å²) in [7, 11) is 0. The van der Waals surface area contributed by atoms with Gasteiger partial charge in [0.2, 0.25) is 0 Å². The van der Waals surface area contributed by atoms with Gasteiger partial charge in [0.1, 0.15) is 18.2 Å². The first kappa shape index (κ1) is 12.9. The van der Waals surface area contributed by atoms with Crippen LogP contribution in [0.5, 0.6) is 5.75 Å². The van der Waals surface area contributed by atoms with Gasteiger partial charge in [-0.25, -0.2) is 4.39 Å². The largest absolute Gasteiger partial charge is 0.488 e. The molecule has 0 aliphatic heterocycles. The molecule has 0 fully saturated rings. The molecule has 0 atom stereocenters. The summed E-state index contributed by atoms with van der Waals surface area (Å²) in [6.45, 7) is 4.23. The van der Waals surface area contributed by atoms with Crippen molar-refractivity contribution < 1.29 is 9.13 Å². The van der Waals surface area contributed by atoms with Crippen LogP contribution >= 0.6 is 11.6 Å². The molecule has 2 rings (SSSR count). The second kappa shape index (κ2) is 5.40. The predicted octanol–water partition coefficient (Wildman–Crippen LogP) is 4.67. The van der Waals surface area contributed by atoms with Gasteiger partial charge in [-0.2, -0.15) is 0 Å². The minimum atomic E-state index is -0.306. The SMILES string of the molecule is Cc1cccc(C)c1OCc1cc(F)ccc1Cl. The molecular formula is C15H14ClFO. The minimum Gasteiger partial charge on any atom is -0.488 e. The van der Waals surface area contributed by atoms with Crippen LogP contribution in [-0.2, 0) is 6.61 Å². The van der Waals surface area contributed by atoms with Crippen LogP contribution in [0.2, 0.25) is 5.02 Å². The Kier molecular flexibility index (Phi) is 3.87. The van der Waals surface area contributed by atoms with Gasteiger partial charge in [0, 0.05) is 10.6 Å². The Balaban J connectivity index is 2.19. The number of ether oxygens (including phenoxy) is 1. The lowest BCUT2D eigenvalue weighted by molar-refractivity contribution is 0.301. The van der Waals surface area contributed by atoms with E-state index in [4.69, 9.17) is 16.3 Å². The number of benzene rings is 2. The zero-order valence-corrected chi connectivity index (χ0v) is 11.1. The third kappa shape index (κ3) is 2.82. The summed E-state index contributed by atoms with van der Waals surface area (Å²) in [5, 5.41) is 0.516. The van der Waals surface area contributed by atoms with E-state index in [-0.39, 0.29) is 12.4 Å². The lowest BCUT2D eigenvalue weighted by Gasteiger charge is -2.12.